The number of primary amides is 1. The van der Waals surface area contributed by atoms with Gasteiger partial charge in [0.15, 0.2) is 0 Å². The number of hydrogen-bond donors (Lipinski definition) is 1. The Morgan fingerprint density at radius 2 is 2.00 bits per heavy atom. The smallest absolute Gasteiger partial charge is 0.238 e. The molecule has 0 unspecified atom stereocenters. The zero-order chi connectivity index (χ0) is 5.15. The van der Waals surface area contributed by atoms with Gasteiger partial charge < -0.3 is 5.73 Å². The SMILES string of the molecule is C=C([SiH3])C(N)=O. The molecule has 0 heterocycles. The molecule has 1 amide bonds. The number of hydrogen-bond acceptors (Lipinski definition) is 1. The van der Waals surface area contributed by atoms with Gasteiger partial charge in [0.05, 0.1) is 0 Å². The maximum atomic E-state index is 9.86. The lowest BCUT2D eigenvalue weighted by molar-refractivity contribution is -0.113. The summed E-state index contributed by atoms with van der Waals surface area (Å²) in [6.07, 6.45) is 0. The second kappa shape index (κ2) is 1.77. The molecule has 2 nitrogen and oxygen atoms in total. The predicted molar refractivity (Wildman–Crippen MR) is 28.3 cm³/mol. The molecule has 6 heavy (non-hydrogen) atoms. The van der Waals surface area contributed by atoms with Crippen molar-refractivity contribution in [3.05, 3.63) is 11.8 Å². The van der Waals surface area contributed by atoms with Crippen LogP contribution in [0.5, 0.6) is 0 Å². The summed E-state index contributed by atoms with van der Waals surface area (Å²) in [5, 5.41) is 0.537. The lowest BCUT2D eigenvalue weighted by atomic mass is 10.6. The molecule has 0 spiro atoms. The van der Waals surface area contributed by atoms with Crippen LogP contribution in [0.25, 0.3) is 0 Å². The summed E-state index contributed by atoms with van der Waals surface area (Å²) < 4.78 is 0. The Balaban J connectivity index is 3.57. The molecule has 0 rings (SSSR count). The third kappa shape index (κ3) is 1.72. The second-order valence-electron chi connectivity index (χ2n) is 1.14. The van der Waals surface area contributed by atoms with Crippen molar-refractivity contribution in [1.82, 2.24) is 0 Å². The highest BCUT2D eigenvalue weighted by Crippen LogP contribution is 1.70. The minimum atomic E-state index is -0.373. The Hall–Kier alpha value is -0.573. The molecule has 0 aromatic carbocycles. The monoisotopic (exact) mass is 101 g/mol. The molecule has 0 aromatic heterocycles. The van der Waals surface area contributed by atoms with Crippen molar-refractivity contribution in [2.45, 2.75) is 0 Å². The largest absolute Gasteiger partial charge is 0.366 e. The van der Waals surface area contributed by atoms with E-state index in [9.17, 15) is 4.79 Å². The van der Waals surface area contributed by atoms with Gasteiger partial charge in [-0.05, 0) is 5.20 Å². The molecule has 0 saturated carbocycles. The van der Waals surface area contributed by atoms with Crippen LogP contribution < -0.4 is 5.73 Å². The first-order chi connectivity index (χ1) is 2.64. The van der Waals surface area contributed by atoms with Crippen LogP contribution in [0.4, 0.5) is 0 Å². The van der Waals surface area contributed by atoms with E-state index in [0.717, 1.165) is 0 Å². The molecule has 0 saturated heterocycles. The quantitative estimate of drug-likeness (QED) is 0.312. The topological polar surface area (TPSA) is 43.1 Å². The van der Waals surface area contributed by atoms with E-state index >= 15 is 0 Å². The molecule has 0 aliphatic carbocycles. The van der Waals surface area contributed by atoms with Gasteiger partial charge in [-0.2, -0.15) is 0 Å². The summed E-state index contributed by atoms with van der Waals surface area (Å²) in [6, 6.07) is 0. The van der Waals surface area contributed by atoms with Crippen LogP contribution in [-0.4, -0.2) is 16.1 Å². The van der Waals surface area contributed by atoms with E-state index in [-0.39, 0.29) is 5.91 Å². The number of carbonyl (C=O) groups excluding carboxylic acids is 1. The molecular weight excluding hydrogens is 94.1 g/mol. The van der Waals surface area contributed by atoms with Crippen LogP contribution in [0.15, 0.2) is 11.8 Å². The summed E-state index contributed by atoms with van der Waals surface area (Å²) in [7, 11) is 0.684. The van der Waals surface area contributed by atoms with E-state index in [1.165, 1.54) is 0 Å². The minimum absolute atomic E-state index is 0.373. The summed E-state index contributed by atoms with van der Waals surface area (Å²) in [5.41, 5.74) is 4.73. The van der Waals surface area contributed by atoms with Gasteiger partial charge in [0.25, 0.3) is 0 Å². The molecule has 2 N–H and O–H groups in total. The first kappa shape index (κ1) is 5.43. The molecule has 0 aromatic rings. The van der Waals surface area contributed by atoms with E-state index in [1.807, 2.05) is 0 Å². The lowest BCUT2D eigenvalue weighted by Gasteiger charge is -1.81. The fourth-order valence-electron chi connectivity index (χ4n) is 0. The minimum Gasteiger partial charge on any atom is -0.366 e. The third-order valence-electron chi connectivity index (χ3n) is 0.421. The van der Waals surface area contributed by atoms with E-state index in [1.54, 1.807) is 0 Å². The van der Waals surface area contributed by atoms with Gasteiger partial charge in [-0.1, -0.05) is 6.58 Å². The third-order valence-corrected chi connectivity index (χ3v) is 0.913. The zero-order valence-corrected chi connectivity index (χ0v) is 5.69. The molecule has 34 valence electrons. The Morgan fingerprint density at radius 3 is 2.00 bits per heavy atom. The summed E-state index contributed by atoms with van der Waals surface area (Å²) in [4.78, 5) is 9.86. The van der Waals surface area contributed by atoms with Crippen molar-refractivity contribution in [3.63, 3.8) is 0 Å². The normalized spacial score (nSPS) is 8.00. The molecular formula is C3H7NOSi. The first-order valence-corrected chi connectivity index (χ1v) is 2.60. The van der Waals surface area contributed by atoms with Crippen LogP contribution in [0.1, 0.15) is 0 Å². The molecule has 0 aliphatic heterocycles. The maximum Gasteiger partial charge on any atom is 0.238 e. The van der Waals surface area contributed by atoms with Crippen LogP contribution in [0, 0.1) is 0 Å². The summed E-state index contributed by atoms with van der Waals surface area (Å²) in [6.45, 7) is 3.34. The van der Waals surface area contributed by atoms with Crippen molar-refractivity contribution in [2.24, 2.45) is 5.73 Å². The van der Waals surface area contributed by atoms with Crippen LogP contribution >= 0.6 is 0 Å². The van der Waals surface area contributed by atoms with Crippen molar-refractivity contribution < 1.29 is 4.79 Å². The van der Waals surface area contributed by atoms with Crippen molar-refractivity contribution in [3.8, 4) is 0 Å². The molecule has 0 radical (unpaired) electrons. The van der Waals surface area contributed by atoms with Gasteiger partial charge in [0.2, 0.25) is 5.91 Å². The van der Waals surface area contributed by atoms with Crippen LogP contribution in [-0.2, 0) is 4.79 Å². The van der Waals surface area contributed by atoms with E-state index in [2.05, 4.69) is 6.58 Å². The van der Waals surface area contributed by atoms with Crippen LogP contribution in [0.3, 0.4) is 0 Å². The highest BCUT2D eigenvalue weighted by atomic mass is 28.1. The highest BCUT2D eigenvalue weighted by Gasteiger charge is 1.86. The van der Waals surface area contributed by atoms with Gasteiger partial charge in [-0.3, -0.25) is 4.79 Å². The molecule has 0 aliphatic rings. The molecule has 0 atom stereocenters. The average molecular weight is 101 g/mol. The van der Waals surface area contributed by atoms with Gasteiger partial charge in [-0.15, -0.1) is 0 Å². The van der Waals surface area contributed by atoms with Gasteiger partial charge in [0, 0.05) is 10.2 Å². The average Bonchev–Trinajstić information content (AvgIpc) is 1.36. The molecule has 0 bridgehead atoms. The van der Waals surface area contributed by atoms with Crippen molar-refractivity contribution in [2.75, 3.05) is 0 Å². The zero-order valence-electron chi connectivity index (χ0n) is 3.69. The Morgan fingerprint density at radius 1 is 1.83 bits per heavy atom. The Labute approximate surface area is 39.5 Å². The molecule has 3 heteroatoms. The standard InChI is InChI=1S/C3H7NOSi/c1-2(6)3(4)5/h1H2,6H3,(H2,4,5). The van der Waals surface area contributed by atoms with Crippen LogP contribution in [0.2, 0.25) is 0 Å². The van der Waals surface area contributed by atoms with E-state index in [0.29, 0.717) is 15.4 Å². The highest BCUT2D eigenvalue weighted by molar-refractivity contribution is 6.35. The number of carbonyl (C=O) groups is 1. The summed E-state index contributed by atoms with van der Waals surface area (Å²) in [5.74, 6) is -0.373. The second-order valence-corrected chi connectivity index (χ2v) is 2.35. The maximum absolute atomic E-state index is 9.86. The van der Waals surface area contributed by atoms with Gasteiger partial charge in [-0.25, -0.2) is 0 Å². The number of rotatable bonds is 1. The first-order valence-electron chi connectivity index (χ1n) is 1.60. The number of amides is 1. The van der Waals surface area contributed by atoms with Gasteiger partial charge in [0.1, 0.15) is 0 Å². The van der Waals surface area contributed by atoms with Crippen molar-refractivity contribution in [1.29, 1.82) is 0 Å². The Bertz CT molecular complexity index is 76.8. The Kier molecular flexibility index (Phi) is 1.60. The predicted octanol–water partition coefficient (Wildman–Crippen LogP) is -1.65. The lowest BCUT2D eigenvalue weighted by Crippen LogP contribution is -2.12. The fraction of sp³-hybridized carbons (Fsp3) is 0. The van der Waals surface area contributed by atoms with E-state index < -0.39 is 0 Å². The van der Waals surface area contributed by atoms with E-state index in [4.69, 9.17) is 5.73 Å². The fourth-order valence-corrected chi connectivity index (χ4v) is 0. The number of nitrogens with two attached hydrogens (primary N) is 1. The van der Waals surface area contributed by atoms with Crippen molar-refractivity contribution >= 4 is 16.1 Å². The summed E-state index contributed by atoms with van der Waals surface area (Å²) >= 11 is 0. The molecule has 0 fully saturated rings. The van der Waals surface area contributed by atoms with Gasteiger partial charge >= 0.3 is 0 Å².